The third kappa shape index (κ3) is 4.97. The van der Waals surface area contributed by atoms with Crippen LogP contribution >= 0.6 is 11.8 Å². The fourth-order valence-electron chi connectivity index (χ4n) is 3.81. The Balaban J connectivity index is 1.10. The maximum absolute atomic E-state index is 12.5. The van der Waals surface area contributed by atoms with Crippen molar-refractivity contribution in [1.29, 1.82) is 0 Å². The molecule has 0 aliphatic heterocycles. The number of rotatable bonds is 8. The molecule has 7 nitrogen and oxygen atoms in total. The molecule has 5 aromatic rings. The van der Waals surface area contributed by atoms with Crippen molar-refractivity contribution < 1.29 is 9.59 Å². The number of H-pyrrole nitrogens is 2. The zero-order chi connectivity index (χ0) is 23.3. The molecule has 3 aromatic carbocycles. The van der Waals surface area contributed by atoms with E-state index in [2.05, 4.69) is 37.7 Å². The Bertz CT molecular complexity index is 1420. The highest BCUT2D eigenvalue weighted by molar-refractivity contribution is 7.99. The number of thioether (sulfide) groups is 1. The van der Waals surface area contributed by atoms with Crippen molar-refractivity contribution in [2.75, 3.05) is 17.6 Å². The fraction of sp³-hybridized carbons (Fsp3) is 0.115. The zero-order valence-corrected chi connectivity index (χ0v) is 19.1. The molecule has 0 radical (unpaired) electrons. The van der Waals surface area contributed by atoms with Crippen molar-refractivity contribution in [2.24, 2.45) is 0 Å². The van der Waals surface area contributed by atoms with Gasteiger partial charge in [0.1, 0.15) is 0 Å². The van der Waals surface area contributed by atoms with Gasteiger partial charge in [0.15, 0.2) is 5.16 Å². The predicted octanol–water partition coefficient (Wildman–Crippen LogP) is 4.75. The summed E-state index contributed by atoms with van der Waals surface area (Å²) in [6, 6.07) is 22.8. The van der Waals surface area contributed by atoms with Crippen LogP contribution in [0.25, 0.3) is 21.9 Å². The molecule has 2 aromatic heterocycles. The second-order valence-corrected chi connectivity index (χ2v) is 8.80. The molecule has 4 N–H and O–H groups in total. The lowest BCUT2D eigenvalue weighted by molar-refractivity contribution is -0.113. The number of amides is 2. The Hall–Kier alpha value is -4.04. The molecule has 0 spiro atoms. The molecule has 5 rings (SSSR count). The first kappa shape index (κ1) is 21.8. The lowest BCUT2D eigenvalue weighted by Crippen LogP contribution is -2.25. The van der Waals surface area contributed by atoms with Crippen molar-refractivity contribution in [3.63, 3.8) is 0 Å². The molecule has 34 heavy (non-hydrogen) atoms. The van der Waals surface area contributed by atoms with Crippen LogP contribution in [-0.4, -0.2) is 39.1 Å². The van der Waals surface area contributed by atoms with Gasteiger partial charge in [-0.1, -0.05) is 36.0 Å². The van der Waals surface area contributed by atoms with Crippen molar-refractivity contribution in [3.8, 4) is 0 Å². The average molecular weight is 470 g/mol. The summed E-state index contributed by atoms with van der Waals surface area (Å²) in [6.07, 6.45) is 2.67. The van der Waals surface area contributed by atoms with Crippen LogP contribution in [0.2, 0.25) is 0 Å². The monoisotopic (exact) mass is 469 g/mol. The number of aromatic amines is 2. The Labute approximate surface area is 200 Å². The van der Waals surface area contributed by atoms with Gasteiger partial charge in [0.05, 0.1) is 16.8 Å². The van der Waals surface area contributed by atoms with E-state index < -0.39 is 0 Å². The van der Waals surface area contributed by atoms with Crippen LogP contribution in [0.5, 0.6) is 0 Å². The van der Waals surface area contributed by atoms with Crippen LogP contribution in [0.3, 0.4) is 0 Å². The number of fused-ring (bicyclic) bond motifs is 2. The van der Waals surface area contributed by atoms with Crippen LogP contribution in [0.1, 0.15) is 15.9 Å². The molecule has 0 fully saturated rings. The summed E-state index contributed by atoms with van der Waals surface area (Å²) < 4.78 is 0. The standard InChI is InChI=1S/C26H23N5O2S/c32-24(16-34-26-30-22-5-1-2-6-23(22)31-26)29-19-10-8-18(9-11-19)25(33)28-14-12-17-4-3-7-21-20(17)13-15-27-21/h1-11,13,15,27H,12,14,16H2,(H,28,33)(H,29,32)(H,30,31). The molecular formula is C26H23N5O2S. The SMILES string of the molecule is O=C(CSc1nc2ccccc2[nH]1)Nc1ccc(C(=O)NCCc2cccc3[nH]ccc23)cc1. The van der Waals surface area contributed by atoms with E-state index in [1.807, 2.05) is 42.6 Å². The van der Waals surface area contributed by atoms with Gasteiger partial charge in [0.2, 0.25) is 5.91 Å². The molecule has 0 unspecified atom stereocenters. The molecule has 170 valence electrons. The van der Waals surface area contributed by atoms with Crippen molar-refractivity contribution in [2.45, 2.75) is 11.6 Å². The third-order valence-corrected chi connectivity index (χ3v) is 6.38. The highest BCUT2D eigenvalue weighted by Gasteiger charge is 2.09. The first-order chi connectivity index (χ1) is 16.7. The molecule has 2 heterocycles. The van der Waals surface area contributed by atoms with Crippen LogP contribution in [-0.2, 0) is 11.2 Å². The number of nitrogens with one attached hydrogen (secondary N) is 4. The molecule has 8 heteroatoms. The highest BCUT2D eigenvalue weighted by Crippen LogP contribution is 2.20. The van der Waals surface area contributed by atoms with E-state index in [1.165, 1.54) is 22.7 Å². The highest BCUT2D eigenvalue weighted by atomic mass is 32.2. The number of carbonyl (C=O) groups excluding carboxylic acids is 2. The Morgan fingerprint density at radius 1 is 0.912 bits per heavy atom. The number of benzene rings is 3. The number of hydrogen-bond acceptors (Lipinski definition) is 4. The topological polar surface area (TPSA) is 103 Å². The van der Waals surface area contributed by atoms with Gasteiger partial charge in [-0.3, -0.25) is 9.59 Å². The quantitative estimate of drug-likeness (QED) is 0.246. The van der Waals surface area contributed by atoms with Crippen molar-refractivity contribution in [3.05, 3.63) is 90.1 Å². The van der Waals surface area contributed by atoms with Gasteiger partial charge >= 0.3 is 0 Å². The van der Waals surface area contributed by atoms with E-state index in [0.29, 0.717) is 23.0 Å². The first-order valence-corrected chi connectivity index (χ1v) is 11.9. The summed E-state index contributed by atoms with van der Waals surface area (Å²) >= 11 is 1.35. The molecule has 0 aliphatic carbocycles. The van der Waals surface area contributed by atoms with E-state index in [-0.39, 0.29) is 17.6 Å². The average Bonchev–Trinajstić information content (AvgIpc) is 3.50. The predicted molar refractivity (Wildman–Crippen MR) is 136 cm³/mol. The van der Waals surface area contributed by atoms with Crippen molar-refractivity contribution in [1.82, 2.24) is 20.3 Å². The summed E-state index contributed by atoms with van der Waals surface area (Å²) in [5, 5.41) is 7.70. The Kier molecular flexibility index (Phi) is 6.31. The second-order valence-electron chi connectivity index (χ2n) is 7.84. The fourth-order valence-corrected chi connectivity index (χ4v) is 4.50. The number of hydrogen-bond donors (Lipinski definition) is 4. The summed E-state index contributed by atoms with van der Waals surface area (Å²) in [5.41, 5.74) is 5.30. The molecule has 0 bridgehead atoms. The second kappa shape index (κ2) is 9.84. The molecule has 2 amide bonds. The smallest absolute Gasteiger partial charge is 0.251 e. The number of imidazole rings is 1. The van der Waals surface area contributed by atoms with Gasteiger partial charge in [-0.15, -0.1) is 0 Å². The van der Waals surface area contributed by atoms with Gasteiger partial charge in [0, 0.05) is 34.9 Å². The van der Waals surface area contributed by atoms with Crippen molar-refractivity contribution >= 4 is 51.2 Å². The van der Waals surface area contributed by atoms with Gasteiger partial charge in [-0.2, -0.15) is 0 Å². The molecular weight excluding hydrogens is 446 g/mol. The minimum Gasteiger partial charge on any atom is -0.361 e. The third-order valence-electron chi connectivity index (χ3n) is 5.50. The minimum atomic E-state index is -0.139. The summed E-state index contributed by atoms with van der Waals surface area (Å²) in [4.78, 5) is 35.7. The van der Waals surface area contributed by atoms with Crippen LogP contribution in [0.4, 0.5) is 5.69 Å². The number of anilines is 1. The van der Waals surface area contributed by atoms with Crippen LogP contribution in [0, 0.1) is 0 Å². The van der Waals surface area contributed by atoms with Gasteiger partial charge in [-0.25, -0.2) is 4.98 Å². The Morgan fingerprint density at radius 3 is 2.59 bits per heavy atom. The van der Waals surface area contributed by atoms with Gasteiger partial charge in [-0.05, 0) is 60.5 Å². The summed E-state index contributed by atoms with van der Waals surface area (Å²) in [5.74, 6) is -0.0446. The minimum absolute atomic E-state index is 0.137. The van der Waals surface area contributed by atoms with Gasteiger partial charge in [0.25, 0.3) is 5.91 Å². The van der Waals surface area contributed by atoms with Crippen LogP contribution in [0.15, 0.2) is 84.1 Å². The van der Waals surface area contributed by atoms with E-state index in [4.69, 9.17) is 0 Å². The summed E-state index contributed by atoms with van der Waals surface area (Å²) in [6.45, 7) is 0.542. The number of aromatic nitrogens is 3. The normalized spacial score (nSPS) is 11.1. The summed E-state index contributed by atoms with van der Waals surface area (Å²) in [7, 11) is 0. The maximum Gasteiger partial charge on any atom is 0.251 e. The van der Waals surface area contributed by atoms with E-state index in [0.717, 1.165) is 23.0 Å². The van der Waals surface area contributed by atoms with Crippen LogP contribution < -0.4 is 10.6 Å². The number of para-hydroxylation sites is 2. The van der Waals surface area contributed by atoms with E-state index >= 15 is 0 Å². The molecule has 0 aliphatic rings. The molecule has 0 saturated heterocycles. The van der Waals surface area contributed by atoms with Gasteiger partial charge < -0.3 is 20.6 Å². The van der Waals surface area contributed by atoms with E-state index in [1.54, 1.807) is 24.3 Å². The number of carbonyl (C=O) groups is 2. The maximum atomic E-state index is 12.5. The zero-order valence-electron chi connectivity index (χ0n) is 18.3. The van der Waals surface area contributed by atoms with E-state index in [9.17, 15) is 9.59 Å². The largest absolute Gasteiger partial charge is 0.361 e. The first-order valence-electron chi connectivity index (χ1n) is 11.0. The lowest BCUT2D eigenvalue weighted by Gasteiger charge is -2.08. The molecule has 0 saturated carbocycles. The number of nitrogens with zero attached hydrogens (tertiary/aromatic N) is 1. The molecule has 0 atom stereocenters. The Morgan fingerprint density at radius 2 is 1.74 bits per heavy atom. The lowest BCUT2D eigenvalue weighted by atomic mass is 10.1.